The largest absolute Gasteiger partial charge is 0.488 e. The van der Waals surface area contributed by atoms with Gasteiger partial charge in [0, 0.05) is 56.8 Å². The highest BCUT2D eigenvalue weighted by Crippen LogP contribution is 2.40. The second kappa shape index (κ2) is 11.9. The van der Waals surface area contributed by atoms with Gasteiger partial charge in [-0.15, -0.1) is 0 Å². The van der Waals surface area contributed by atoms with Crippen LogP contribution in [-0.2, 0) is 9.47 Å². The number of aromatic nitrogens is 4. The molecule has 232 valence electrons. The first-order valence-corrected chi connectivity index (χ1v) is 15.6. The van der Waals surface area contributed by atoms with Crippen LogP contribution in [0.3, 0.4) is 0 Å². The van der Waals surface area contributed by atoms with Gasteiger partial charge in [-0.25, -0.2) is 14.8 Å². The number of anilines is 1. The highest BCUT2D eigenvalue weighted by molar-refractivity contribution is 5.93. The molecule has 1 saturated carbocycles. The Hall–Kier alpha value is -3.44. The quantitative estimate of drug-likeness (QED) is 0.392. The van der Waals surface area contributed by atoms with Crippen molar-refractivity contribution in [2.45, 2.75) is 83.6 Å². The fraction of sp³-hybridized carbons (Fsp3) is 0.625. The maximum absolute atomic E-state index is 12.3. The molecule has 0 unspecified atom stereocenters. The summed E-state index contributed by atoms with van der Waals surface area (Å²) in [4.78, 5) is 28.1. The first kappa shape index (κ1) is 29.6. The molecule has 2 saturated heterocycles. The molecule has 1 N–H and O–H groups in total. The van der Waals surface area contributed by atoms with Crippen molar-refractivity contribution in [1.29, 1.82) is 0 Å². The molecule has 2 aromatic heterocycles. The minimum Gasteiger partial charge on any atom is -0.488 e. The van der Waals surface area contributed by atoms with Gasteiger partial charge in [-0.3, -0.25) is 10.00 Å². The number of carbonyl (C=O) groups is 1. The van der Waals surface area contributed by atoms with Crippen molar-refractivity contribution in [2.75, 3.05) is 50.8 Å². The molecule has 1 amide bonds. The van der Waals surface area contributed by atoms with Crippen LogP contribution < -0.4 is 9.64 Å². The molecule has 6 rings (SSSR count). The number of hydrogen-bond donors (Lipinski definition) is 1. The van der Waals surface area contributed by atoms with Crippen molar-refractivity contribution < 1.29 is 19.0 Å². The lowest BCUT2D eigenvalue weighted by Gasteiger charge is -2.40. The smallest absolute Gasteiger partial charge is 0.410 e. The SMILES string of the molecule is C[C@H]1CN(c2cc(-c3n[nH]c4ccc(OC5(C)CC5)cc34)ncn2)CCN1CCOC1CCN(C(=O)OC(C)(C)C)CC1. The summed E-state index contributed by atoms with van der Waals surface area (Å²) in [6.45, 7) is 15.7. The van der Waals surface area contributed by atoms with E-state index in [9.17, 15) is 4.79 Å². The zero-order valence-electron chi connectivity index (χ0n) is 26.1. The van der Waals surface area contributed by atoms with Gasteiger partial charge in [0.1, 0.15) is 34.8 Å². The Bertz CT molecular complexity index is 1420. The van der Waals surface area contributed by atoms with Gasteiger partial charge in [-0.1, -0.05) is 0 Å². The second-order valence-electron chi connectivity index (χ2n) is 13.5. The monoisotopic (exact) mass is 591 g/mol. The Morgan fingerprint density at radius 1 is 1.09 bits per heavy atom. The van der Waals surface area contributed by atoms with Gasteiger partial charge in [0.2, 0.25) is 0 Å². The van der Waals surface area contributed by atoms with E-state index >= 15 is 0 Å². The molecule has 1 aliphatic carbocycles. The maximum atomic E-state index is 12.3. The molecule has 0 radical (unpaired) electrons. The van der Waals surface area contributed by atoms with Crippen molar-refractivity contribution >= 4 is 22.8 Å². The summed E-state index contributed by atoms with van der Waals surface area (Å²) in [7, 11) is 0. The minimum atomic E-state index is -0.469. The van der Waals surface area contributed by atoms with Crippen LogP contribution in [0, 0.1) is 0 Å². The topological polar surface area (TPSA) is 109 Å². The number of benzene rings is 1. The fourth-order valence-corrected chi connectivity index (χ4v) is 5.87. The average Bonchev–Trinajstić information content (AvgIpc) is 3.54. The van der Waals surface area contributed by atoms with Crippen molar-refractivity contribution in [2.24, 2.45) is 0 Å². The third-order valence-corrected chi connectivity index (χ3v) is 8.66. The van der Waals surface area contributed by atoms with E-state index in [0.29, 0.717) is 25.7 Å². The summed E-state index contributed by atoms with van der Waals surface area (Å²) in [5.74, 6) is 1.78. The van der Waals surface area contributed by atoms with Gasteiger partial charge in [0.25, 0.3) is 0 Å². The summed E-state index contributed by atoms with van der Waals surface area (Å²) in [5, 5.41) is 8.74. The number of aromatic amines is 1. The van der Waals surface area contributed by atoms with Crippen LogP contribution in [0.15, 0.2) is 30.6 Å². The Labute approximate surface area is 253 Å². The molecule has 3 aliphatic rings. The van der Waals surface area contributed by atoms with E-state index in [2.05, 4.69) is 49.9 Å². The molecule has 11 nitrogen and oxygen atoms in total. The van der Waals surface area contributed by atoms with Crippen molar-refractivity contribution in [3.05, 3.63) is 30.6 Å². The number of ether oxygens (including phenoxy) is 3. The van der Waals surface area contributed by atoms with Crippen LogP contribution in [0.5, 0.6) is 5.75 Å². The Kier molecular flexibility index (Phi) is 8.21. The number of fused-ring (bicyclic) bond motifs is 1. The van der Waals surface area contributed by atoms with Crippen LogP contribution in [0.2, 0.25) is 0 Å². The number of amides is 1. The Morgan fingerprint density at radius 2 is 1.88 bits per heavy atom. The zero-order valence-corrected chi connectivity index (χ0v) is 26.1. The number of piperidine rings is 1. The third-order valence-electron chi connectivity index (χ3n) is 8.66. The molecule has 3 aromatic rings. The number of piperazine rings is 1. The number of hydrogen-bond acceptors (Lipinski definition) is 9. The van der Waals surface area contributed by atoms with E-state index in [4.69, 9.17) is 14.2 Å². The third kappa shape index (κ3) is 7.21. The first-order valence-electron chi connectivity index (χ1n) is 15.6. The van der Waals surface area contributed by atoms with Crippen LogP contribution in [-0.4, -0.2) is 105 Å². The number of carbonyl (C=O) groups excluding carboxylic acids is 1. The number of H-pyrrole nitrogens is 1. The summed E-state index contributed by atoms with van der Waals surface area (Å²) < 4.78 is 17.9. The molecular weight excluding hydrogens is 546 g/mol. The van der Waals surface area contributed by atoms with E-state index in [-0.39, 0.29) is 17.8 Å². The Balaban J connectivity index is 0.997. The van der Waals surface area contributed by atoms with Gasteiger partial charge in [-0.05, 0) is 78.5 Å². The van der Waals surface area contributed by atoms with E-state index in [1.54, 1.807) is 11.2 Å². The predicted octanol–water partition coefficient (Wildman–Crippen LogP) is 4.88. The minimum absolute atomic E-state index is 0.0360. The first-order chi connectivity index (χ1) is 20.6. The summed E-state index contributed by atoms with van der Waals surface area (Å²) in [5.41, 5.74) is 2.06. The number of rotatable bonds is 8. The van der Waals surface area contributed by atoms with Crippen LogP contribution in [0.1, 0.15) is 60.3 Å². The van der Waals surface area contributed by atoms with E-state index < -0.39 is 5.60 Å². The zero-order chi connectivity index (χ0) is 30.2. The lowest BCUT2D eigenvalue weighted by molar-refractivity contribution is -0.0184. The lowest BCUT2D eigenvalue weighted by atomic mass is 10.1. The average molecular weight is 592 g/mol. The van der Waals surface area contributed by atoms with Gasteiger partial charge >= 0.3 is 6.09 Å². The van der Waals surface area contributed by atoms with E-state index in [1.165, 1.54) is 0 Å². The molecule has 2 aliphatic heterocycles. The molecular formula is C32H45N7O4. The number of nitrogens with one attached hydrogen (secondary N) is 1. The molecule has 1 aromatic carbocycles. The van der Waals surface area contributed by atoms with Crippen molar-refractivity contribution in [1.82, 2.24) is 30.0 Å². The molecule has 43 heavy (non-hydrogen) atoms. The fourth-order valence-electron chi connectivity index (χ4n) is 5.87. The van der Waals surface area contributed by atoms with Gasteiger partial charge in [0.05, 0.1) is 23.9 Å². The standard InChI is InChI=1S/C32H45N7O4/c1-22-20-39(15-14-37(22)16-17-41-23-8-12-38(13-9-23)30(40)43-31(2,3)4)28-19-27(33-21-34-28)29-25-18-24(42-32(5)10-11-32)6-7-26(25)35-36-29/h6-7,18-19,21-23H,8-17,20H2,1-5H3,(H,35,36)/t22-/m0/s1. The van der Waals surface area contributed by atoms with E-state index in [1.807, 2.05) is 39.0 Å². The number of nitrogens with zero attached hydrogens (tertiary/aromatic N) is 6. The lowest BCUT2D eigenvalue weighted by Crippen LogP contribution is -2.53. The van der Waals surface area contributed by atoms with E-state index in [0.717, 1.165) is 85.7 Å². The highest BCUT2D eigenvalue weighted by Gasteiger charge is 2.40. The highest BCUT2D eigenvalue weighted by atomic mass is 16.6. The summed E-state index contributed by atoms with van der Waals surface area (Å²) in [6, 6.07) is 8.49. The van der Waals surface area contributed by atoms with Crippen LogP contribution in [0.25, 0.3) is 22.3 Å². The Morgan fingerprint density at radius 3 is 2.60 bits per heavy atom. The molecule has 0 bridgehead atoms. The van der Waals surface area contributed by atoms with Crippen molar-refractivity contribution in [3.8, 4) is 17.1 Å². The van der Waals surface area contributed by atoms with Gasteiger partial charge in [0.15, 0.2) is 0 Å². The maximum Gasteiger partial charge on any atom is 0.410 e. The molecule has 3 fully saturated rings. The summed E-state index contributed by atoms with van der Waals surface area (Å²) >= 11 is 0. The van der Waals surface area contributed by atoms with Crippen LogP contribution in [0.4, 0.5) is 10.6 Å². The molecule has 1 atom stereocenters. The normalized spacial score (nSPS) is 21.3. The summed E-state index contributed by atoms with van der Waals surface area (Å²) in [6.07, 6.45) is 5.47. The molecule has 0 spiro atoms. The van der Waals surface area contributed by atoms with Crippen molar-refractivity contribution in [3.63, 3.8) is 0 Å². The van der Waals surface area contributed by atoms with Crippen LogP contribution >= 0.6 is 0 Å². The van der Waals surface area contributed by atoms with Gasteiger partial charge in [-0.2, -0.15) is 5.10 Å². The number of likely N-dealkylation sites (tertiary alicyclic amines) is 1. The predicted molar refractivity (Wildman–Crippen MR) is 165 cm³/mol. The van der Waals surface area contributed by atoms with Gasteiger partial charge < -0.3 is 24.0 Å². The molecule has 4 heterocycles. The second-order valence-corrected chi connectivity index (χ2v) is 13.5. The molecule has 11 heteroatoms.